The maximum Gasteiger partial charge on any atom is 0.381 e. The average Bonchev–Trinajstić information content (AvgIpc) is 2.34. The zero-order valence-corrected chi connectivity index (χ0v) is 9.18. The Morgan fingerprint density at radius 2 is 2.06 bits per heavy atom. The van der Waals surface area contributed by atoms with E-state index in [0.29, 0.717) is 17.7 Å². The maximum absolute atomic E-state index is 11.4. The second-order valence-corrected chi connectivity index (χ2v) is 3.18. The number of hydrogen-bond donors (Lipinski definition) is 0. The van der Waals surface area contributed by atoms with Crippen molar-refractivity contribution in [2.45, 2.75) is 13.3 Å². The van der Waals surface area contributed by atoms with Crippen LogP contribution in [0.5, 0.6) is 5.75 Å². The Bertz CT molecular complexity index is 379. The molecule has 0 aliphatic carbocycles. The number of hydrogen-bond acceptors (Lipinski definition) is 3. The maximum atomic E-state index is 11.4. The highest BCUT2D eigenvalue weighted by molar-refractivity contribution is 5.87. The van der Waals surface area contributed by atoms with E-state index in [-0.39, 0.29) is 0 Å². The fourth-order valence-corrected chi connectivity index (χ4v) is 0.971. The van der Waals surface area contributed by atoms with Crippen LogP contribution in [0.3, 0.4) is 0 Å². The summed E-state index contributed by atoms with van der Waals surface area (Å²) in [5.41, 5.74) is 0.496. The van der Waals surface area contributed by atoms with Gasteiger partial charge in [0.2, 0.25) is 0 Å². The molecule has 1 aromatic carbocycles. The summed E-state index contributed by atoms with van der Waals surface area (Å²) in [5, 5.41) is 0. The Balaban J connectivity index is 2.44. The second-order valence-electron chi connectivity index (χ2n) is 3.18. The predicted octanol–water partition coefficient (Wildman–Crippen LogP) is 3.05. The molecule has 3 nitrogen and oxygen atoms in total. The minimum absolute atomic E-state index is 0.493. The van der Waals surface area contributed by atoms with E-state index in [9.17, 15) is 4.79 Å². The van der Waals surface area contributed by atoms with Crippen LogP contribution in [0.15, 0.2) is 54.6 Å². The molecule has 0 heterocycles. The van der Waals surface area contributed by atoms with Gasteiger partial charge >= 0.3 is 5.97 Å². The van der Waals surface area contributed by atoms with Crippen molar-refractivity contribution >= 4 is 5.97 Å². The summed E-state index contributed by atoms with van der Waals surface area (Å²) in [4.78, 5) is 20.9. The normalized spacial score (nSPS) is 10.7. The molecule has 0 aliphatic rings. The molecule has 0 aromatic heterocycles. The highest BCUT2D eigenvalue weighted by Gasteiger charge is 2.06. The minimum atomic E-state index is -0.495. The van der Waals surface area contributed by atoms with Crippen LogP contribution in [0, 0.1) is 0 Å². The largest absolute Gasteiger partial charge is 0.381 e. The molecule has 3 heteroatoms. The van der Waals surface area contributed by atoms with E-state index in [1.54, 1.807) is 43.3 Å². The number of allylic oxidation sites excluding steroid dienone is 2. The molecule has 0 unspecified atom stereocenters. The summed E-state index contributed by atoms with van der Waals surface area (Å²) in [6.45, 7) is 5.22. The summed E-state index contributed by atoms with van der Waals surface area (Å²) in [6.07, 6.45) is 4.06. The molecule has 0 saturated carbocycles. The highest BCUT2D eigenvalue weighted by Crippen LogP contribution is 2.09. The first-order valence-electron chi connectivity index (χ1n) is 4.95. The van der Waals surface area contributed by atoms with Crippen LogP contribution < -0.4 is 4.89 Å². The Morgan fingerprint density at radius 3 is 2.69 bits per heavy atom. The van der Waals surface area contributed by atoms with Crippen molar-refractivity contribution in [1.82, 2.24) is 0 Å². The molecule has 0 radical (unpaired) electrons. The van der Waals surface area contributed by atoms with Crippen molar-refractivity contribution in [3.63, 3.8) is 0 Å². The van der Waals surface area contributed by atoms with Crippen LogP contribution in [0.25, 0.3) is 0 Å². The number of para-hydroxylation sites is 1. The SMILES string of the molecule is C=CCC=C(C)C(=O)OOc1ccccc1. The van der Waals surface area contributed by atoms with Gasteiger partial charge in [-0.15, -0.1) is 6.58 Å². The van der Waals surface area contributed by atoms with Crippen LogP contribution >= 0.6 is 0 Å². The van der Waals surface area contributed by atoms with Crippen molar-refractivity contribution in [2.75, 3.05) is 0 Å². The van der Waals surface area contributed by atoms with Crippen molar-refractivity contribution in [1.29, 1.82) is 0 Å². The summed E-state index contributed by atoms with van der Waals surface area (Å²) in [7, 11) is 0. The van der Waals surface area contributed by atoms with Gasteiger partial charge in [0.1, 0.15) is 0 Å². The molecule has 0 bridgehead atoms. The molecule has 84 valence electrons. The van der Waals surface area contributed by atoms with Gasteiger partial charge in [0.05, 0.1) is 0 Å². The average molecular weight is 218 g/mol. The minimum Gasteiger partial charge on any atom is -0.287 e. The molecule has 1 rings (SSSR count). The van der Waals surface area contributed by atoms with Gasteiger partial charge < -0.3 is 0 Å². The van der Waals surface area contributed by atoms with Gasteiger partial charge in [-0.1, -0.05) is 30.4 Å². The van der Waals surface area contributed by atoms with Crippen molar-refractivity contribution < 1.29 is 14.6 Å². The van der Waals surface area contributed by atoms with Crippen molar-refractivity contribution in [3.05, 3.63) is 54.6 Å². The summed E-state index contributed by atoms with van der Waals surface area (Å²) in [6, 6.07) is 8.85. The summed E-state index contributed by atoms with van der Waals surface area (Å²) >= 11 is 0. The number of benzene rings is 1. The molecule has 0 aliphatic heterocycles. The van der Waals surface area contributed by atoms with Crippen LogP contribution in [0.1, 0.15) is 13.3 Å². The third kappa shape index (κ3) is 4.00. The van der Waals surface area contributed by atoms with Gasteiger partial charge in [-0.05, 0) is 25.5 Å². The second kappa shape index (κ2) is 6.45. The van der Waals surface area contributed by atoms with E-state index < -0.39 is 5.97 Å². The van der Waals surface area contributed by atoms with Crippen LogP contribution in [-0.4, -0.2) is 5.97 Å². The Kier molecular flexibility index (Phi) is 4.86. The Hall–Kier alpha value is -2.03. The standard InChI is InChI=1S/C13H14O3/c1-3-4-8-11(2)13(14)16-15-12-9-6-5-7-10-12/h3,5-10H,1,4H2,2H3. The Morgan fingerprint density at radius 1 is 1.38 bits per heavy atom. The summed E-state index contributed by atoms with van der Waals surface area (Å²) in [5.74, 6) is -0.00178. The number of carbonyl (C=O) groups is 1. The topological polar surface area (TPSA) is 35.5 Å². The van der Waals surface area contributed by atoms with Crippen LogP contribution in [0.4, 0.5) is 0 Å². The molecule has 0 atom stereocenters. The quantitative estimate of drug-likeness (QED) is 0.330. The Labute approximate surface area is 94.9 Å². The molecular formula is C13H14O3. The van der Waals surface area contributed by atoms with Gasteiger partial charge in [0, 0.05) is 5.57 Å². The van der Waals surface area contributed by atoms with Crippen LogP contribution in [0.2, 0.25) is 0 Å². The van der Waals surface area contributed by atoms with Crippen LogP contribution in [-0.2, 0) is 9.68 Å². The molecule has 1 aromatic rings. The first-order chi connectivity index (χ1) is 7.74. The van der Waals surface area contributed by atoms with E-state index in [4.69, 9.17) is 4.89 Å². The first-order valence-corrected chi connectivity index (χ1v) is 4.95. The van der Waals surface area contributed by atoms with Crippen molar-refractivity contribution in [2.24, 2.45) is 0 Å². The van der Waals surface area contributed by atoms with Gasteiger partial charge in [-0.2, -0.15) is 0 Å². The molecule has 0 saturated heterocycles. The van der Waals surface area contributed by atoms with Crippen molar-refractivity contribution in [3.8, 4) is 5.75 Å². The molecule has 0 N–H and O–H groups in total. The molecule has 16 heavy (non-hydrogen) atoms. The van der Waals surface area contributed by atoms with E-state index in [1.165, 1.54) is 0 Å². The van der Waals surface area contributed by atoms with E-state index >= 15 is 0 Å². The van der Waals surface area contributed by atoms with Gasteiger partial charge in [-0.3, -0.25) is 4.89 Å². The zero-order chi connectivity index (χ0) is 11.8. The lowest BCUT2D eigenvalue weighted by Crippen LogP contribution is -2.08. The van der Waals surface area contributed by atoms with Gasteiger partial charge in [0.25, 0.3) is 0 Å². The predicted molar refractivity (Wildman–Crippen MR) is 61.7 cm³/mol. The summed E-state index contributed by atoms with van der Waals surface area (Å²) < 4.78 is 0. The monoisotopic (exact) mass is 218 g/mol. The highest BCUT2D eigenvalue weighted by atomic mass is 17.2. The van der Waals surface area contributed by atoms with E-state index in [2.05, 4.69) is 11.5 Å². The molecule has 0 spiro atoms. The third-order valence-electron chi connectivity index (χ3n) is 1.87. The number of carbonyl (C=O) groups excluding carboxylic acids is 1. The lowest BCUT2D eigenvalue weighted by molar-refractivity contribution is -0.208. The fourth-order valence-electron chi connectivity index (χ4n) is 0.971. The lowest BCUT2D eigenvalue weighted by Gasteiger charge is -2.03. The van der Waals surface area contributed by atoms with E-state index in [0.717, 1.165) is 0 Å². The zero-order valence-electron chi connectivity index (χ0n) is 9.18. The smallest absolute Gasteiger partial charge is 0.287 e. The molecular weight excluding hydrogens is 204 g/mol. The fraction of sp³-hybridized carbons (Fsp3) is 0.154. The number of rotatable bonds is 5. The van der Waals surface area contributed by atoms with E-state index in [1.807, 2.05) is 6.07 Å². The van der Waals surface area contributed by atoms with Gasteiger partial charge in [-0.25, -0.2) is 9.68 Å². The van der Waals surface area contributed by atoms with Gasteiger partial charge in [0.15, 0.2) is 5.75 Å². The lowest BCUT2D eigenvalue weighted by atomic mass is 10.2. The first kappa shape index (κ1) is 12.0. The molecule has 0 amide bonds. The third-order valence-corrected chi connectivity index (χ3v) is 1.87. The molecule has 0 fully saturated rings.